The Morgan fingerprint density at radius 2 is 1.79 bits per heavy atom. The van der Waals surface area contributed by atoms with Gasteiger partial charge in [0.1, 0.15) is 0 Å². The Kier molecular flexibility index (Phi) is 8.68. The topological polar surface area (TPSA) is 64.7 Å². The minimum absolute atomic E-state index is 0.0236. The number of hydrogen-bond donors (Lipinski definition) is 2. The zero-order valence-electron chi connectivity index (χ0n) is 21.1. The number of benzene rings is 1. The third kappa shape index (κ3) is 6.02. The highest BCUT2D eigenvalue weighted by molar-refractivity contribution is 6.31. The van der Waals surface area contributed by atoms with Crippen LogP contribution in [0.4, 0.5) is 5.69 Å². The van der Waals surface area contributed by atoms with Crippen LogP contribution >= 0.6 is 11.6 Å². The summed E-state index contributed by atoms with van der Waals surface area (Å²) < 4.78 is 0. The van der Waals surface area contributed by atoms with Gasteiger partial charge in [0.25, 0.3) is 5.91 Å². The van der Waals surface area contributed by atoms with E-state index in [4.69, 9.17) is 11.6 Å². The quantitative estimate of drug-likeness (QED) is 0.617. The van der Waals surface area contributed by atoms with Crippen LogP contribution in [0.1, 0.15) is 68.8 Å². The molecule has 33 heavy (non-hydrogen) atoms. The minimum Gasteiger partial charge on any atom is -0.369 e. The molecule has 1 aromatic carbocycles. The summed E-state index contributed by atoms with van der Waals surface area (Å²) in [6, 6.07) is 5.02. The number of carbonyl (C=O) groups is 2. The fraction of sp³-hybridized carbons (Fsp3) is 0.692. The van der Waals surface area contributed by atoms with Crippen LogP contribution in [0.15, 0.2) is 12.1 Å². The first-order valence-corrected chi connectivity index (χ1v) is 12.8. The summed E-state index contributed by atoms with van der Waals surface area (Å²) in [5.74, 6) is -0.112. The van der Waals surface area contributed by atoms with Gasteiger partial charge in [0.15, 0.2) is 0 Å². The smallest absolute Gasteiger partial charge is 0.251 e. The molecule has 3 rings (SSSR count). The van der Waals surface area contributed by atoms with Gasteiger partial charge in [0.2, 0.25) is 5.91 Å². The first-order chi connectivity index (χ1) is 15.6. The summed E-state index contributed by atoms with van der Waals surface area (Å²) in [5, 5.41) is 6.58. The highest BCUT2D eigenvalue weighted by Crippen LogP contribution is 2.34. The largest absolute Gasteiger partial charge is 0.369 e. The second-order valence-corrected chi connectivity index (χ2v) is 10.7. The number of anilines is 1. The highest BCUT2D eigenvalue weighted by Gasteiger charge is 2.33. The van der Waals surface area contributed by atoms with Crippen molar-refractivity contribution in [3.05, 3.63) is 28.3 Å². The average molecular weight is 477 g/mol. The molecule has 2 N–H and O–H groups in total. The van der Waals surface area contributed by atoms with E-state index >= 15 is 0 Å². The molecule has 2 amide bonds. The zero-order valence-corrected chi connectivity index (χ0v) is 21.8. The third-order valence-corrected chi connectivity index (χ3v) is 7.92. The molecule has 0 spiro atoms. The molecule has 184 valence electrons. The molecular formula is C26H41ClN4O2. The van der Waals surface area contributed by atoms with Crippen LogP contribution in [0.2, 0.25) is 5.02 Å². The Balaban J connectivity index is 1.74. The van der Waals surface area contributed by atoms with Crippen LogP contribution in [0.25, 0.3) is 0 Å². The second kappa shape index (κ2) is 11.1. The Labute approximate surface area is 204 Å². The van der Waals surface area contributed by atoms with Gasteiger partial charge in [-0.1, -0.05) is 18.5 Å². The number of rotatable bonds is 7. The number of nitrogens with zero attached hydrogens (tertiary/aromatic N) is 2. The molecule has 3 atom stereocenters. The molecule has 3 unspecified atom stereocenters. The zero-order chi connectivity index (χ0) is 24.3. The van der Waals surface area contributed by atoms with Crippen LogP contribution in [0.5, 0.6) is 0 Å². The highest BCUT2D eigenvalue weighted by atomic mass is 35.5. The van der Waals surface area contributed by atoms with Crippen molar-refractivity contribution in [2.24, 2.45) is 11.8 Å². The molecule has 1 saturated carbocycles. The second-order valence-electron chi connectivity index (χ2n) is 10.2. The Hall–Kier alpha value is -1.79. The molecule has 6 nitrogen and oxygen atoms in total. The molecule has 0 bridgehead atoms. The Morgan fingerprint density at radius 1 is 1.15 bits per heavy atom. The number of halogens is 1. The van der Waals surface area contributed by atoms with E-state index in [-0.39, 0.29) is 29.7 Å². The molecular weight excluding hydrogens is 436 g/mol. The molecule has 2 fully saturated rings. The van der Waals surface area contributed by atoms with Crippen molar-refractivity contribution >= 4 is 29.1 Å². The standard InChI is InChI=1S/C26H41ClN4O2/c1-7-31(21-10-8-20(9-11-21)30(5)6)24-14-19(27)13-22(18(24)4)25(32)28-15-23-16(2)12-17(3)29-26(23)33/h13-14,16-17,20-21,23H,7-12,15H2,1-6H3,(H,28,32)(H,29,33). The minimum atomic E-state index is -0.205. The maximum atomic E-state index is 13.2. The average Bonchev–Trinajstić information content (AvgIpc) is 2.75. The van der Waals surface area contributed by atoms with Crippen LogP contribution < -0.4 is 15.5 Å². The summed E-state index contributed by atoms with van der Waals surface area (Å²) in [6.45, 7) is 9.49. The lowest BCUT2D eigenvalue weighted by Crippen LogP contribution is -2.50. The summed E-state index contributed by atoms with van der Waals surface area (Å²) in [7, 11) is 4.32. The number of piperidine rings is 1. The van der Waals surface area contributed by atoms with E-state index in [1.54, 1.807) is 6.07 Å². The predicted molar refractivity (Wildman–Crippen MR) is 136 cm³/mol. The molecule has 1 aromatic rings. The first kappa shape index (κ1) is 25.8. The summed E-state index contributed by atoms with van der Waals surface area (Å²) in [5.41, 5.74) is 2.58. The molecule has 1 saturated heterocycles. The predicted octanol–water partition coefficient (Wildman–Crippen LogP) is 4.24. The first-order valence-electron chi connectivity index (χ1n) is 12.4. The van der Waals surface area contributed by atoms with Gasteiger partial charge in [0.05, 0.1) is 5.92 Å². The lowest BCUT2D eigenvalue weighted by molar-refractivity contribution is -0.129. The van der Waals surface area contributed by atoms with E-state index in [9.17, 15) is 9.59 Å². The maximum absolute atomic E-state index is 13.2. The number of amides is 2. The van der Waals surface area contributed by atoms with E-state index < -0.39 is 0 Å². The number of hydrogen-bond acceptors (Lipinski definition) is 4. The maximum Gasteiger partial charge on any atom is 0.251 e. The van der Waals surface area contributed by atoms with E-state index in [1.807, 2.05) is 19.9 Å². The molecule has 1 heterocycles. The molecule has 2 aliphatic rings. The van der Waals surface area contributed by atoms with Crippen molar-refractivity contribution in [1.29, 1.82) is 0 Å². The van der Waals surface area contributed by atoms with E-state index in [0.717, 1.165) is 37.1 Å². The molecule has 0 aromatic heterocycles. The van der Waals surface area contributed by atoms with Crippen molar-refractivity contribution in [3.8, 4) is 0 Å². The Morgan fingerprint density at radius 3 is 2.36 bits per heavy atom. The van der Waals surface area contributed by atoms with Crippen molar-refractivity contribution in [3.63, 3.8) is 0 Å². The van der Waals surface area contributed by atoms with Gasteiger partial charge in [-0.3, -0.25) is 9.59 Å². The molecule has 1 aliphatic carbocycles. The summed E-state index contributed by atoms with van der Waals surface area (Å²) in [6.07, 6.45) is 5.56. The normalized spacial score (nSPS) is 27.9. The van der Waals surface area contributed by atoms with Gasteiger partial charge < -0.3 is 20.4 Å². The van der Waals surface area contributed by atoms with E-state index in [0.29, 0.717) is 29.2 Å². The number of carbonyl (C=O) groups excluding carboxylic acids is 2. The van der Waals surface area contributed by atoms with Crippen molar-refractivity contribution < 1.29 is 9.59 Å². The molecule has 0 radical (unpaired) electrons. The van der Waals surface area contributed by atoms with Crippen molar-refractivity contribution in [1.82, 2.24) is 15.5 Å². The summed E-state index contributed by atoms with van der Waals surface area (Å²) in [4.78, 5) is 30.3. The van der Waals surface area contributed by atoms with Gasteiger partial charge in [-0.05, 0) is 90.6 Å². The van der Waals surface area contributed by atoms with Crippen molar-refractivity contribution in [2.75, 3.05) is 32.1 Å². The lowest BCUT2D eigenvalue weighted by Gasteiger charge is -2.40. The van der Waals surface area contributed by atoms with Crippen LogP contribution in [0, 0.1) is 18.8 Å². The fourth-order valence-corrected chi connectivity index (χ4v) is 5.90. The summed E-state index contributed by atoms with van der Waals surface area (Å²) >= 11 is 6.50. The lowest BCUT2D eigenvalue weighted by atomic mass is 9.84. The van der Waals surface area contributed by atoms with E-state index in [1.165, 1.54) is 12.8 Å². The van der Waals surface area contributed by atoms with Gasteiger partial charge in [-0.15, -0.1) is 0 Å². The SMILES string of the molecule is CCN(c1cc(Cl)cc(C(=O)NCC2C(=O)NC(C)CC2C)c1C)C1CCC(N(C)C)CC1. The van der Waals surface area contributed by atoms with Gasteiger partial charge in [-0.25, -0.2) is 0 Å². The van der Waals surface area contributed by atoms with Gasteiger partial charge >= 0.3 is 0 Å². The van der Waals surface area contributed by atoms with Crippen LogP contribution in [0.3, 0.4) is 0 Å². The van der Waals surface area contributed by atoms with Crippen molar-refractivity contribution in [2.45, 2.75) is 77.9 Å². The Bertz CT molecular complexity index is 851. The monoisotopic (exact) mass is 476 g/mol. The van der Waals surface area contributed by atoms with Crippen LogP contribution in [-0.4, -0.2) is 62.0 Å². The molecule has 1 aliphatic heterocycles. The van der Waals surface area contributed by atoms with E-state index in [2.05, 4.69) is 48.4 Å². The van der Waals surface area contributed by atoms with Gasteiger partial charge in [-0.2, -0.15) is 0 Å². The molecule has 7 heteroatoms. The third-order valence-electron chi connectivity index (χ3n) is 7.70. The van der Waals surface area contributed by atoms with Gasteiger partial charge in [0, 0.05) is 47.5 Å². The van der Waals surface area contributed by atoms with Crippen LogP contribution in [-0.2, 0) is 4.79 Å². The fourth-order valence-electron chi connectivity index (χ4n) is 5.69. The number of nitrogens with one attached hydrogen (secondary N) is 2.